The van der Waals surface area contributed by atoms with Crippen LogP contribution in [0.4, 0.5) is 0 Å². The van der Waals surface area contributed by atoms with Gasteiger partial charge in [0.1, 0.15) is 11.3 Å². The summed E-state index contributed by atoms with van der Waals surface area (Å²) in [6.07, 6.45) is 6.09. The second-order valence-corrected chi connectivity index (χ2v) is 7.92. The molecule has 2 heterocycles. The number of aromatic nitrogens is 2. The van der Waals surface area contributed by atoms with Gasteiger partial charge in [0.25, 0.3) is 11.1 Å². The zero-order valence-corrected chi connectivity index (χ0v) is 16.0. The smallest absolute Gasteiger partial charge is 0.277 e. The Morgan fingerprint density at radius 2 is 2.12 bits per heavy atom. The van der Waals surface area contributed by atoms with Crippen molar-refractivity contribution in [2.24, 2.45) is 0 Å². The van der Waals surface area contributed by atoms with Gasteiger partial charge < -0.3 is 13.7 Å². The Morgan fingerprint density at radius 1 is 1.38 bits per heavy atom. The van der Waals surface area contributed by atoms with Crippen LogP contribution in [0.25, 0.3) is 11.5 Å². The highest BCUT2D eigenvalue weighted by Gasteiger charge is 2.40. The first-order chi connectivity index (χ1) is 12.5. The number of amides is 1. The van der Waals surface area contributed by atoms with Crippen molar-refractivity contribution in [2.45, 2.75) is 62.0 Å². The summed E-state index contributed by atoms with van der Waals surface area (Å²) in [5.41, 5.74) is 0.0454. The van der Waals surface area contributed by atoms with Gasteiger partial charge in [0.2, 0.25) is 5.91 Å². The van der Waals surface area contributed by atoms with Crippen molar-refractivity contribution in [1.29, 1.82) is 5.26 Å². The molecule has 0 spiro atoms. The summed E-state index contributed by atoms with van der Waals surface area (Å²) < 4.78 is 10.9. The van der Waals surface area contributed by atoms with Crippen molar-refractivity contribution in [3.8, 4) is 17.5 Å². The normalized spacial score (nSPS) is 17.5. The van der Waals surface area contributed by atoms with Crippen LogP contribution in [-0.2, 0) is 4.79 Å². The monoisotopic (exact) mass is 374 g/mol. The van der Waals surface area contributed by atoms with Gasteiger partial charge in [-0.1, -0.05) is 31.0 Å². The summed E-state index contributed by atoms with van der Waals surface area (Å²) in [4.78, 5) is 14.5. The van der Waals surface area contributed by atoms with Gasteiger partial charge in [0.05, 0.1) is 23.1 Å². The van der Waals surface area contributed by atoms with Crippen molar-refractivity contribution in [2.75, 3.05) is 7.05 Å². The Kier molecular flexibility index (Phi) is 5.37. The minimum absolute atomic E-state index is 0.0994. The molecule has 0 N–H and O–H groups in total. The molecule has 1 aliphatic carbocycles. The van der Waals surface area contributed by atoms with Gasteiger partial charge in [-0.25, -0.2) is 0 Å². The van der Waals surface area contributed by atoms with Crippen LogP contribution in [0.5, 0.6) is 0 Å². The molecule has 1 amide bonds. The molecular weight excluding hydrogens is 352 g/mol. The number of carbonyl (C=O) groups excluding carboxylic acids is 1. The van der Waals surface area contributed by atoms with Crippen molar-refractivity contribution in [3.05, 3.63) is 18.1 Å². The maximum absolute atomic E-state index is 12.8. The maximum Gasteiger partial charge on any atom is 0.277 e. The minimum atomic E-state index is -0.696. The molecule has 0 radical (unpaired) electrons. The molecule has 26 heavy (non-hydrogen) atoms. The fourth-order valence-electron chi connectivity index (χ4n) is 3.32. The Balaban J connectivity index is 1.69. The number of hydrogen-bond donors (Lipinski definition) is 0. The van der Waals surface area contributed by atoms with Gasteiger partial charge in [-0.05, 0) is 32.8 Å². The lowest BCUT2D eigenvalue weighted by atomic mass is 9.81. The molecule has 1 fully saturated rings. The number of nitrogens with zero attached hydrogens (tertiary/aromatic N) is 4. The molecule has 1 aliphatic rings. The first-order valence-corrected chi connectivity index (χ1v) is 9.58. The lowest BCUT2D eigenvalue weighted by molar-refractivity contribution is -0.133. The van der Waals surface area contributed by atoms with Crippen molar-refractivity contribution < 1.29 is 13.6 Å². The summed E-state index contributed by atoms with van der Waals surface area (Å²) in [5.74, 6) is 0.965. The van der Waals surface area contributed by atoms with Crippen molar-refractivity contribution in [1.82, 2.24) is 15.1 Å². The molecule has 2 aromatic heterocycles. The van der Waals surface area contributed by atoms with E-state index < -0.39 is 10.8 Å². The lowest BCUT2D eigenvalue weighted by Crippen LogP contribution is -2.52. The van der Waals surface area contributed by atoms with Crippen LogP contribution in [0.2, 0.25) is 0 Å². The van der Waals surface area contributed by atoms with E-state index in [1.807, 2.05) is 6.92 Å². The zero-order chi connectivity index (χ0) is 18.7. The first-order valence-electron chi connectivity index (χ1n) is 8.70. The Bertz CT molecular complexity index is 817. The van der Waals surface area contributed by atoms with Crippen LogP contribution >= 0.6 is 11.8 Å². The van der Waals surface area contributed by atoms with E-state index in [0.29, 0.717) is 16.9 Å². The summed E-state index contributed by atoms with van der Waals surface area (Å²) in [6, 6.07) is 4.14. The molecule has 0 aromatic carbocycles. The highest BCUT2D eigenvalue weighted by molar-refractivity contribution is 8.00. The maximum atomic E-state index is 12.8. The quantitative estimate of drug-likeness (QED) is 0.734. The number of hydrogen-bond acceptors (Lipinski definition) is 7. The standard InChI is InChI=1S/C18H22N4O3S/c1-12-14(7-10-24-12)15-20-21-17(25-15)26-13(2)16(23)22(3)18(11-19)8-5-4-6-9-18/h7,10,13H,4-6,8-9H2,1-3H3/t13-/m1/s1. The Hall–Kier alpha value is -2.27. The Morgan fingerprint density at radius 3 is 2.73 bits per heavy atom. The number of thioether (sulfide) groups is 1. The largest absolute Gasteiger partial charge is 0.469 e. The van der Waals surface area contributed by atoms with E-state index in [1.165, 1.54) is 11.8 Å². The molecule has 3 rings (SSSR count). The van der Waals surface area contributed by atoms with Crippen LogP contribution in [-0.4, -0.2) is 38.8 Å². The number of rotatable bonds is 5. The fraction of sp³-hybridized carbons (Fsp3) is 0.556. The summed E-state index contributed by atoms with van der Waals surface area (Å²) >= 11 is 1.21. The third kappa shape index (κ3) is 3.49. The van der Waals surface area contributed by atoms with Crippen LogP contribution in [0.1, 0.15) is 44.8 Å². The number of nitriles is 1. The molecule has 0 saturated heterocycles. The molecule has 1 saturated carbocycles. The van der Waals surface area contributed by atoms with E-state index in [0.717, 1.165) is 37.7 Å². The van der Waals surface area contributed by atoms with Crippen LogP contribution in [0.15, 0.2) is 26.4 Å². The highest BCUT2D eigenvalue weighted by Crippen LogP contribution is 2.35. The summed E-state index contributed by atoms with van der Waals surface area (Å²) in [6.45, 7) is 3.61. The van der Waals surface area contributed by atoms with Gasteiger partial charge in [-0.3, -0.25) is 4.79 Å². The van der Waals surface area contributed by atoms with Gasteiger partial charge in [0, 0.05) is 7.05 Å². The summed E-state index contributed by atoms with van der Waals surface area (Å²) in [7, 11) is 1.72. The van der Waals surface area contributed by atoms with Crippen molar-refractivity contribution in [3.63, 3.8) is 0 Å². The van der Waals surface area contributed by atoms with Gasteiger partial charge in [-0.15, -0.1) is 10.2 Å². The number of carbonyl (C=O) groups is 1. The fourth-order valence-corrected chi connectivity index (χ4v) is 4.09. The summed E-state index contributed by atoms with van der Waals surface area (Å²) in [5, 5.41) is 17.6. The molecule has 2 aromatic rings. The average Bonchev–Trinajstić information content (AvgIpc) is 3.29. The third-order valence-corrected chi connectivity index (χ3v) is 5.90. The van der Waals surface area contributed by atoms with E-state index in [1.54, 1.807) is 31.2 Å². The highest BCUT2D eigenvalue weighted by atomic mass is 32.2. The predicted octanol–water partition coefficient (Wildman–Crippen LogP) is 3.80. The van der Waals surface area contributed by atoms with Gasteiger partial charge >= 0.3 is 0 Å². The second kappa shape index (κ2) is 7.54. The molecule has 0 aliphatic heterocycles. The molecular formula is C18H22N4O3S. The predicted molar refractivity (Wildman–Crippen MR) is 96.3 cm³/mol. The Labute approximate surface area is 156 Å². The van der Waals surface area contributed by atoms with E-state index >= 15 is 0 Å². The minimum Gasteiger partial charge on any atom is -0.469 e. The zero-order valence-electron chi connectivity index (χ0n) is 15.2. The molecule has 0 unspecified atom stereocenters. The van der Waals surface area contributed by atoms with Gasteiger partial charge in [0.15, 0.2) is 0 Å². The SMILES string of the molecule is Cc1occc1-c1nnc(S[C@H](C)C(=O)N(C)C2(C#N)CCCCC2)o1. The van der Waals surface area contributed by atoms with E-state index in [-0.39, 0.29) is 5.91 Å². The first kappa shape index (κ1) is 18.5. The molecule has 7 nitrogen and oxygen atoms in total. The molecule has 8 heteroatoms. The second-order valence-electron chi connectivity index (χ2n) is 6.62. The van der Waals surface area contributed by atoms with E-state index in [9.17, 15) is 10.1 Å². The van der Waals surface area contributed by atoms with Gasteiger partial charge in [-0.2, -0.15) is 5.26 Å². The third-order valence-electron chi connectivity index (χ3n) is 4.98. The topological polar surface area (TPSA) is 96.2 Å². The van der Waals surface area contributed by atoms with E-state index in [2.05, 4.69) is 16.3 Å². The number of aryl methyl sites for hydroxylation is 1. The average molecular weight is 374 g/mol. The molecule has 138 valence electrons. The number of furan rings is 1. The lowest BCUT2D eigenvalue weighted by Gasteiger charge is -2.39. The molecule has 1 atom stereocenters. The van der Waals surface area contributed by atoms with Crippen LogP contribution < -0.4 is 0 Å². The van der Waals surface area contributed by atoms with E-state index in [4.69, 9.17) is 8.83 Å². The molecule has 0 bridgehead atoms. The van der Waals surface area contributed by atoms with Crippen LogP contribution in [0, 0.1) is 18.3 Å². The van der Waals surface area contributed by atoms with Crippen molar-refractivity contribution >= 4 is 17.7 Å². The van der Waals surface area contributed by atoms with Crippen LogP contribution in [0.3, 0.4) is 0 Å².